The molecule has 3 nitrogen and oxygen atoms in total. The van der Waals surface area contributed by atoms with Gasteiger partial charge in [0.2, 0.25) is 0 Å². The predicted molar refractivity (Wildman–Crippen MR) is 54.7 cm³/mol. The Balaban J connectivity index is 3.15. The molecule has 13 heavy (non-hydrogen) atoms. The van der Waals surface area contributed by atoms with Crippen LogP contribution >= 0.6 is 11.6 Å². The minimum Gasteiger partial charge on any atom is -0.508 e. The van der Waals surface area contributed by atoms with Gasteiger partial charge in [-0.15, -0.1) is 0 Å². The summed E-state index contributed by atoms with van der Waals surface area (Å²) in [4.78, 5) is 0. The molecule has 1 aromatic carbocycles. The van der Waals surface area contributed by atoms with Crippen LogP contribution in [0.15, 0.2) is 12.1 Å². The van der Waals surface area contributed by atoms with Gasteiger partial charge in [0.1, 0.15) is 5.75 Å². The average molecular weight is 201 g/mol. The minimum absolute atomic E-state index is 0.105. The Morgan fingerprint density at radius 3 is 2.69 bits per heavy atom. The highest BCUT2D eigenvalue weighted by Crippen LogP contribution is 2.31. The zero-order valence-corrected chi connectivity index (χ0v) is 8.17. The van der Waals surface area contributed by atoms with Crippen LogP contribution in [0.5, 0.6) is 5.75 Å². The van der Waals surface area contributed by atoms with Gasteiger partial charge in [-0.1, -0.05) is 18.5 Å². The largest absolute Gasteiger partial charge is 0.508 e. The molecule has 1 unspecified atom stereocenters. The molecule has 1 aromatic rings. The molecule has 0 radical (unpaired) electrons. The molecule has 0 heterocycles. The van der Waals surface area contributed by atoms with Crippen LogP contribution < -0.4 is 11.5 Å². The summed E-state index contributed by atoms with van der Waals surface area (Å²) in [5.74, 6) is 0.105. The quantitative estimate of drug-likeness (QED) is 0.505. The van der Waals surface area contributed by atoms with Crippen molar-refractivity contribution in [1.82, 2.24) is 0 Å². The van der Waals surface area contributed by atoms with Crippen LogP contribution in [0.2, 0.25) is 5.02 Å². The van der Waals surface area contributed by atoms with Gasteiger partial charge < -0.3 is 16.6 Å². The van der Waals surface area contributed by atoms with Crippen molar-refractivity contribution in [1.29, 1.82) is 0 Å². The van der Waals surface area contributed by atoms with Crippen LogP contribution in [0, 0.1) is 0 Å². The average Bonchev–Trinajstić information content (AvgIpc) is 2.10. The van der Waals surface area contributed by atoms with Gasteiger partial charge in [0.05, 0.1) is 10.7 Å². The number of nitrogen functional groups attached to an aromatic ring is 1. The zero-order chi connectivity index (χ0) is 10.0. The second-order valence-electron chi connectivity index (χ2n) is 2.95. The molecule has 0 spiro atoms. The first-order valence-corrected chi connectivity index (χ1v) is 4.47. The van der Waals surface area contributed by atoms with E-state index in [9.17, 15) is 5.11 Å². The van der Waals surface area contributed by atoms with E-state index in [1.54, 1.807) is 6.07 Å². The highest BCUT2D eigenvalue weighted by Gasteiger charge is 2.11. The number of phenols is 1. The van der Waals surface area contributed by atoms with Crippen LogP contribution in [-0.2, 0) is 0 Å². The third kappa shape index (κ3) is 2.05. The first-order valence-electron chi connectivity index (χ1n) is 4.09. The lowest BCUT2D eigenvalue weighted by molar-refractivity contribution is 0.460. The molecule has 72 valence electrons. The lowest BCUT2D eigenvalue weighted by Crippen LogP contribution is -2.09. The first kappa shape index (κ1) is 10.2. The smallest absolute Gasteiger partial charge is 0.121 e. The highest BCUT2D eigenvalue weighted by molar-refractivity contribution is 6.33. The summed E-state index contributed by atoms with van der Waals surface area (Å²) < 4.78 is 0. The van der Waals surface area contributed by atoms with Gasteiger partial charge in [0.15, 0.2) is 0 Å². The molecule has 1 atom stereocenters. The third-order valence-corrected chi connectivity index (χ3v) is 2.31. The number of hydrogen-bond acceptors (Lipinski definition) is 3. The van der Waals surface area contributed by atoms with Gasteiger partial charge in [-0.25, -0.2) is 0 Å². The van der Waals surface area contributed by atoms with Crippen molar-refractivity contribution in [3.63, 3.8) is 0 Å². The van der Waals surface area contributed by atoms with E-state index in [4.69, 9.17) is 23.1 Å². The predicted octanol–water partition coefficient (Wildman–Crippen LogP) is 2.04. The fourth-order valence-corrected chi connectivity index (χ4v) is 1.27. The van der Waals surface area contributed by atoms with Crippen molar-refractivity contribution in [2.45, 2.75) is 19.4 Å². The maximum atomic E-state index is 9.50. The molecule has 5 N–H and O–H groups in total. The van der Waals surface area contributed by atoms with E-state index < -0.39 is 0 Å². The summed E-state index contributed by atoms with van der Waals surface area (Å²) in [7, 11) is 0. The molecule has 0 aromatic heterocycles. The number of benzene rings is 1. The molecule has 0 aliphatic heterocycles. The van der Waals surface area contributed by atoms with Crippen LogP contribution in [0.4, 0.5) is 5.69 Å². The molecule has 0 aliphatic carbocycles. The normalized spacial score (nSPS) is 12.8. The molecule has 0 bridgehead atoms. The van der Waals surface area contributed by atoms with E-state index in [1.807, 2.05) is 6.92 Å². The van der Waals surface area contributed by atoms with Crippen molar-refractivity contribution in [3.8, 4) is 5.75 Å². The number of rotatable bonds is 2. The number of phenolic OH excluding ortho intramolecular Hbond substituents is 1. The zero-order valence-electron chi connectivity index (χ0n) is 7.42. The first-order chi connectivity index (χ1) is 6.06. The second-order valence-corrected chi connectivity index (χ2v) is 3.35. The molecular weight excluding hydrogens is 188 g/mol. The van der Waals surface area contributed by atoms with Gasteiger partial charge in [0.25, 0.3) is 0 Å². The number of halogens is 1. The van der Waals surface area contributed by atoms with Gasteiger partial charge in [-0.3, -0.25) is 0 Å². The van der Waals surface area contributed by atoms with Gasteiger partial charge in [0, 0.05) is 17.7 Å². The van der Waals surface area contributed by atoms with E-state index in [-0.39, 0.29) is 11.8 Å². The van der Waals surface area contributed by atoms with Gasteiger partial charge >= 0.3 is 0 Å². The third-order valence-electron chi connectivity index (χ3n) is 1.99. The van der Waals surface area contributed by atoms with E-state index >= 15 is 0 Å². The van der Waals surface area contributed by atoms with E-state index in [0.717, 1.165) is 6.42 Å². The summed E-state index contributed by atoms with van der Waals surface area (Å²) in [5.41, 5.74) is 12.4. The van der Waals surface area contributed by atoms with Crippen LogP contribution in [0.25, 0.3) is 0 Å². The molecule has 4 heteroatoms. The maximum Gasteiger partial charge on any atom is 0.121 e. The number of nitrogens with two attached hydrogens (primary N) is 2. The highest BCUT2D eigenvalue weighted by atomic mass is 35.5. The molecular formula is C9H13ClN2O. The number of hydrogen-bond donors (Lipinski definition) is 3. The maximum absolute atomic E-state index is 9.50. The van der Waals surface area contributed by atoms with Crippen molar-refractivity contribution >= 4 is 17.3 Å². The van der Waals surface area contributed by atoms with E-state index in [0.29, 0.717) is 16.3 Å². The molecule has 0 saturated carbocycles. The molecule has 1 rings (SSSR count). The second kappa shape index (κ2) is 3.85. The van der Waals surface area contributed by atoms with Crippen molar-refractivity contribution in [2.75, 3.05) is 5.73 Å². The molecule has 0 amide bonds. The molecule has 0 aliphatic rings. The van der Waals surface area contributed by atoms with Crippen molar-refractivity contribution in [2.24, 2.45) is 5.73 Å². The van der Waals surface area contributed by atoms with Crippen LogP contribution in [0.3, 0.4) is 0 Å². The lowest BCUT2D eigenvalue weighted by atomic mass is 10.0. The Bertz CT molecular complexity index is 315. The summed E-state index contributed by atoms with van der Waals surface area (Å²) in [5, 5.41) is 9.85. The van der Waals surface area contributed by atoms with E-state index in [2.05, 4.69) is 0 Å². The van der Waals surface area contributed by atoms with Gasteiger partial charge in [-0.05, 0) is 12.5 Å². The lowest BCUT2D eigenvalue weighted by Gasteiger charge is -2.12. The monoisotopic (exact) mass is 200 g/mol. The van der Waals surface area contributed by atoms with Crippen LogP contribution in [-0.4, -0.2) is 5.11 Å². The topological polar surface area (TPSA) is 72.3 Å². The van der Waals surface area contributed by atoms with Gasteiger partial charge in [-0.2, -0.15) is 0 Å². The fourth-order valence-electron chi connectivity index (χ4n) is 1.11. The number of aromatic hydroxyl groups is 1. The number of anilines is 1. The molecule has 0 fully saturated rings. The standard InChI is InChI=1S/C9H13ClN2O/c1-2-7(11)5-3-8(12)6(10)4-9(5)13/h3-4,7,13H,2,11-12H2,1H3. The van der Waals surface area contributed by atoms with Crippen molar-refractivity contribution < 1.29 is 5.11 Å². The Kier molecular flexibility index (Phi) is 3.01. The summed E-state index contributed by atoms with van der Waals surface area (Å²) in [6, 6.07) is 2.84. The van der Waals surface area contributed by atoms with Crippen molar-refractivity contribution in [3.05, 3.63) is 22.7 Å². The molecule has 0 saturated heterocycles. The summed E-state index contributed by atoms with van der Waals surface area (Å²) in [6.45, 7) is 1.94. The Morgan fingerprint density at radius 1 is 1.54 bits per heavy atom. The Morgan fingerprint density at radius 2 is 2.15 bits per heavy atom. The summed E-state index contributed by atoms with van der Waals surface area (Å²) in [6.07, 6.45) is 0.745. The fraction of sp³-hybridized carbons (Fsp3) is 0.333. The summed E-state index contributed by atoms with van der Waals surface area (Å²) >= 11 is 5.71. The van der Waals surface area contributed by atoms with E-state index in [1.165, 1.54) is 6.07 Å². The Labute approximate surface area is 82.3 Å². The Hall–Kier alpha value is -0.930. The van der Waals surface area contributed by atoms with Crippen LogP contribution in [0.1, 0.15) is 24.9 Å². The SMILES string of the molecule is CCC(N)c1cc(N)c(Cl)cc1O. The minimum atomic E-state index is -0.195.